The first-order valence-corrected chi connectivity index (χ1v) is 15.5. The van der Waals surface area contributed by atoms with E-state index in [1.807, 2.05) is 26.0 Å². The molecule has 40 heavy (non-hydrogen) atoms. The number of ketones is 2. The summed E-state index contributed by atoms with van der Waals surface area (Å²) in [4.78, 5) is 36.6. The molecule has 3 saturated carbocycles. The van der Waals surface area contributed by atoms with Gasteiger partial charge in [0.1, 0.15) is 0 Å². The topological polar surface area (TPSA) is 77.4 Å². The molecular formula is C34H45N3O3. The van der Waals surface area contributed by atoms with Gasteiger partial charge in [-0.1, -0.05) is 72.2 Å². The first-order valence-electron chi connectivity index (χ1n) is 15.5. The summed E-state index contributed by atoms with van der Waals surface area (Å²) in [5.74, 6) is 2.58. The quantitative estimate of drug-likeness (QED) is 0.366. The highest BCUT2D eigenvalue weighted by Gasteiger charge is 2.71. The first-order chi connectivity index (χ1) is 18.7. The molecule has 0 N–H and O–H groups in total. The maximum absolute atomic E-state index is 14.7. The van der Waals surface area contributed by atoms with Gasteiger partial charge in [0.15, 0.2) is 17.4 Å². The van der Waals surface area contributed by atoms with Gasteiger partial charge in [-0.15, -0.1) is 0 Å². The van der Waals surface area contributed by atoms with Gasteiger partial charge in [0.05, 0.1) is 12.0 Å². The summed E-state index contributed by atoms with van der Waals surface area (Å²) < 4.78 is 6.01. The van der Waals surface area contributed by atoms with Crippen LogP contribution in [-0.2, 0) is 21.4 Å². The van der Waals surface area contributed by atoms with E-state index in [4.69, 9.17) is 16.1 Å². The molecule has 1 aromatic rings. The molecule has 0 saturated heterocycles. The second kappa shape index (κ2) is 8.49. The summed E-state index contributed by atoms with van der Waals surface area (Å²) in [6.45, 7) is 25.5. The Morgan fingerprint density at radius 3 is 2.42 bits per heavy atom. The summed E-state index contributed by atoms with van der Waals surface area (Å²) >= 11 is 0. The molecule has 0 amide bonds. The van der Waals surface area contributed by atoms with Crippen molar-refractivity contribution >= 4 is 11.6 Å². The Hall–Kier alpha value is -2.55. The SMILES string of the molecule is [C-]#[N+]C1=C[C@]2(C)C3=CC(=O)[C@@H]4[C@@H]5[C@@H](C)[C@H](C)CC[C@]5(c5nc(CC)no5)CC[C@@]4(C)[C@]3(C)CC[C@H]2C(C)(C)C1=O. The fraction of sp³-hybridized carbons (Fsp3) is 0.735. The van der Waals surface area contributed by atoms with Crippen molar-refractivity contribution in [2.45, 2.75) is 106 Å². The van der Waals surface area contributed by atoms with E-state index in [2.05, 4.69) is 51.5 Å². The lowest BCUT2D eigenvalue weighted by molar-refractivity contribution is -0.166. The third-order valence-electron chi connectivity index (χ3n) is 13.4. The number of carbonyl (C=O) groups is 2. The van der Waals surface area contributed by atoms with Gasteiger partial charge < -0.3 is 9.32 Å². The van der Waals surface area contributed by atoms with Crippen LogP contribution in [0.1, 0.15) is 106 Å². The van der Waals surface area contributed by atoms with E-state index in [-0.39, 0.29) is 51.3 Å². The van der Waals surface area contributed by atoms with Crippen LogP contribution in [0, 0.1) is 57.8 Å². The lowest BCUT2D eigenvalue weighted by Gasteiger charge is -2.69. The Labute approximate surface area is 239 Å². The van der Waals surface area contributed by atoms with E-state index in [0.717, 1.165) is 62.2 Å². The third kappa shape index (κ3) is 3.16. The first kappa shape index (κ1) is 27.6. The molecule has 6 heteroatoms. The Morgan fingerprint density at radius 1 is 1.05 bits per heavy atom. The Kier molecular flexibility index (Phi) is 5.86. The molecule has 3 fully saturated rings. The number of carbonyl (C=O) groups excluding carboxylic acids is 2. The number of hydrogen-bond donors (Lipinski definition) is 0. The number of aryl methyl sites for hydroxylation is 1. The van der Waals surface area contributed by atoms with Crippen LogP contribution < -0.4 is 0 Å². The smallest absolute Gasteiger partial charge is 0.233 e. The number of rotatable bonds is 2. The maximum Gasteiger partial charge on any atom is 0.233 e. The fourth-order valence-corrected chi connectivity index (χ4v) is 10.8. The molecule has 1 aromatic heterocycles. The molecule has 1 heterocycles. The van der Waals surface area contributed by atoms with Crippen molar-refractivity contribution in [3.05, 3.63) is 46.6 Å². The minimum atomic E-state index is -0.643. The average molecular weight is 544 g/mol. The molecule has 0 radical (unpaired) electrons. The molecule has 0 unspecified atom stereocenters. The zero-order chi connectivity index (χ0) is 29.0. The third-order valence-corrected chi connectivity index (χ3v) is 13.4. The Morgan fingerprint density at radius 2 is 1.77 bits per heavy atom. The van der Waals surface area contributed by atoms with Crippen LogP contribution in [0.25, 0.3) is 4.85 Å². The van der Waals surface area contributed by atoms with Crippen LogP contribution in [-0.4, -0.2) is 21.7 Å². The number of hydrogen-bond acceptors (Lipinski definition) is 5. The van der Waals surface area contributed by atoms with Crippen LogP contribution in [0.15, 0.2) is 27.9 Å². The minimum absolute atomic E-state index is 0.0566. The number of fused-ring (bicyclic) bond motifs is 7. The molecule has 214 valence electrons. The van der Waals surface area contributed by atoms with Gasteiger partial charge in [-0.25, -0.2) is 4.85 Å². The van der Waals surface area contributed by atoms with Gasteiger partial charge in [-0.2, -0.15) is 4.98 Å². The van der Waals surface area contributed by atoms with Crippen LogP contribution in [0.3, 0.4) is 0 Å². The highest BCUT2D eigenvalue weighted by atomic mass is 16.5. The standard InChI is InChI=1S/C34H45N3O3/c1-10-25-36-29(40-37-25)34-14-11-19(2)20(3)26(34)27-22(38)17-24-31(6)18-21(35-9)28(39)30(4,5)23(31)12-13-32(24,7)33(27,8)15-16-34/h17-20,23,26-27H,10-16H2,1-8H3/t19-,20+,23+,26+,27-,31+,32-,33-,34+/m1/s1. The number of aromatic nitrogens is 2. The summed E-state index contributed by atoms with van der Waals surface area (Å²) in [6.07, 6.45) is 10.4. The molecule has 0 aromatic carbocycles. The summed E-state index contributed by atoms with van der Waals surface area (Å²) in [5, 5.41) is 4.31. The highest BCUT2D eigenvalue weighted by Crippen LogP contribution is 2.74. The summed E-state index contributed by atoms with van der Waals surface area (Å²) in [5.41, 5.74) is -0.496. The summed E-state index contributed by atoms with van der Waals surface area (Å²) in [7, 11) is 0. The monoisotopic (exact) mass is 543 g/mol. The van der Waals surface area contributed by atoms with Crippen LogP contribution in [0.5, 0.6) is 0 Å². The van der Waals surface area contributed by atoms with Crippen molar-refractivity contribution in [1.82, 2.24) is 10.1 Å². The number of allylic oxidation sites excluding steroid dienone is 4. The largest absolute Gasteiger partial charge is 0.339 e. The number of nitrogens with zero attached hydrogens (tertiary/aromatic N) is 3. The van der Waals surface area contributed by atoms with E-state index in [0.29, 0.717) is 11.8 Å². The lowest BCUT2D eigenvalue weighted by Crippen LogP contribution is -2.66. The van der Waals surface area contributed by atoms with Gasteiger partial charge in [0.25, 0.3) is 0 Å². The maximum atomic E-state index is 14.7. The fourth-order valence-electron chi connectivity index (χ4n) is 10.8. The van der Waals surface area contributed by atoms with Gasteiger partial charge in [0, 0.05) is 23.2 Å². The van der Waals surface area contributed by atoms with Gasteiger partial charge in [-0.05, 0) is 79.1 Å². The van der Waals surface area contributed by atoms with Crippen LogP contribution in [0.2, 0.25) is 0 Å². The van der Waals surface area contributed by atoms with E-state index >= 15 is 0 Å². The zero-order valence-corrected chi connectivity index (χ0v) is 25.6. The second-order valence-electron chi connectivity index (χ2n) is 15.2. The predicted octanol–water partition coefficient (Wildman–Crippen LogP) is 7.31. The molecular weight excluding hydrogens is 498 g/mol. The van der Waals surface area contributed by atoms with Crippen molar-refractivity contribution in [1.29, 1.82) is 0 Å². The van der Waals surface area contributed by atoms with Crippen molar-refractivity contribution in [3.63, 3.8) is 0 Å². The minimum Gasteiger partial charge on any atom is -0.339 e. The zero-order valence-electron chi connectivity index (χ0n) is 25.6. The van der Waals surface area contributed by atoms with Gasteiger partial charge in [0.2, 0.25) is 11.6 Å². The van der Waals surface area contributed by atoms with Gasteiger partial charge >= 0.3 is 0 Å². The van der Waals surface area contributed by atoms with Crippen LogP contribution >= 0.6 is 0 Å². The number of Topliss-reactive ketones (excluding diaryl/α,β-unsaturated/α-hetero) is 1. The van der Waals surface area contributed by atoms with Crippen molar-refractivity contribution in [2.24, 2.45) is 51.2 Å². The summed E-state index contributed by atoms with van der Waals surface area (Å²) in [6, 6.07) is 0. The molecule has 0 aliphatic heterocycles. The van der Waals surface area contributed by atoms with Crippen molar-refractivity contribution < 1.29 is 14.1 Å². The van der Waals surface area contributed by atoms with E-state index in [1.165, 1.54) is 0 Å². The highest BCUT2D eigenvalue weighted by molar-refractivity contribution is 6.03. The average Bonchev–Trinajstić information content (AvgIpc) is 3.40. The molecule has 5 aliphatic carbocycles. The van der Waals surface area contributed by atoms with E-state index in [1.54, 1.807) is 0 Å². The predicted molar refractivity (Wildman–Crippen MR) is 153 cm³/mol. The normalized spacial score (nSPS) is 45.7. The lowest BCUT2D eigenvalue weighted by atomic mass is 9.34. The van der Waals surface area contributed by atoms with E-state index < -0.39 is 10.8 Å². The van der Waals surface area contributed by atoms with E-state index in [9.17, 15) is 9.59 Å². The Bertz CT molecular complexity index is 1390. The molecule has 0 spiro atoms. The molecule has 0 bridgehead atoms. The molecule has 5 aliphatic rings. The Balaban J connectivity index is 1.54. The molecule has 6 nitrogen and oxygen atoms in total. The second-order valence-corrected chi connectivity index (χ2v) is 15.2. The van der Waals surface area contributed by atoms with Crippen molar-refractivity contribution in [3.8, 4) is 0 Å². The van der Waals surface area contributed by atoms with Gasteiger partial charge in [-0.3, -0.25) is 4.79 Å². The van der Waals surface area contributed by atoms with Crippen molar-refractivity contribution in [2.75, 3.05) is 0 Å². The molecule has 6 rings (SSSR count). The van der Waals surface area contributed by atoms with Crippen LogP contribution in [0.4, 0.5) is 0 Å². The molecule has 9 atom stereocenters.